The van der Waals surface area contributed by atoms with Crippen molar-refractivity contribution >= 4 is 5.78 Å². The number of aliphatic hydroxyl groups is 2. The van der Waals surface area contributed by atoms with Crippen molar-refractivity contribution in [2.45, 2.75) is 18.3 Å². The van der Waals surface area contributed by atoms with Gasteiger partial charge in [-0.25, -0.2) is 0 Å². The van der Waals surface area contributed by atoms with Gasteiger partial charge in [0.2, 0.25) is 0 Å². The van der Waals surface area contributed by atoms with Crippen LogP contribution in [-0.2, 0) is 9.53 Å². The second kappa shape index (κ2) is 2.77. The summed E-state index contributed by atoms with van der Waals surface area (Å²) in [4.78, 5) is 11.4. The van der Waals surface area contributed by atoms with E-state index in [4.69, 9.17) is 9.84 Å². The quantitative estimate of drug-likeness (QED) is 0.547. The predicted octanol–water partition coefficient (Wildman–Crippen LogP) is -0.828. The first-order valence-electron chi connectivity index (χ1n) is 4.04. The van der Waals surface area contributed by atoms with Crippen molar-refractivity contribution in [1.29, 1.82) is 0 Å². The van der Waals surface area contributed by atoms with Gasteiger partial charge in [-0.15, -0.1) is 0 Å². The Kier molecular flexibility index (Phi) is 1.83. The molecule has 0 aromatic rings. The second-order valence-corrected chi connectivity index (χ2v) is 3.13. The molecule has 0 radical (unpaired) electrons. The fourth-order valence-corrected chi connectivity index (χ4v) is 1.65. The van der Waals surface area contributed by atoms with Gasteiger partial charge in [-0.05, 0) is 5.57 Å². The number of aliphatic hydroxyl groups excluding tert-OH is 2. The predicted molar refractivity (Wildman–Crippen MR) is 44.0 cm³/mol. The average Bonchev–Trinajstić information content (AvgIpc) is 2.90. The molecule has 4 heteroatoms. The lowest BCUT2D eigenvalue weighted by atomic mass is 9.89. The summed E-state index contributed by atoms with van der Waals surface area (Å²) >= 11 is 0. The van der Waals surface area contributed by atoms with Crippen molar-refractivity contribution in [2.24, 2.45) is 0 Å². The molecule has 2 N–H and O–H groups in total. The fraction of sp³-hybridized carbons (Fsp3) is 0.444. The van der Waals surface area contributed by atoms with E-state index in [9.17, 15) is 9.90 Å². The van der Waals surface area contributed by atoms with Gasteiger partial charge in [0.05, 0.1) is 6.61 Å². The average molecular weight is 182 g/mol. The minimum absolute atomic E-state index is 0.186. The van der Waals surface area contributed by atoms with Crippen LogP contribution in [0.1, 0.15) is 0 Å². The molecular formula is C9H10O4. The SMILES string of the molecule is C=CC1=C(CO)[C@H](O)[C@H]2O[C@H]2C1=O. The highest BCUT2D eigenvalue weighted by Gasteiger charge is 2.54. The van der Waals surface area contributed by atoms with E-state index in [0.717, 1.165) is 0 Å². The molecule has 0 aromatic heterocycles. The number of ether oxygens (including phenoxy) is 1. The van der Waals surface area contributed by atoms with E-state index in [-0.39, 0.29) is 12.4 Å². The molecular weight excluding hydrogens is 172 g/mol. The van der Waals surface area contributed by atoms with Crippen molar-refractivity contribution in [1.82, 2.24) is 0 Å². The normalized spacial score (nSPS) is 37.4. The summed E-state index contributed by atoms with van der Waals surface area (Å²) in [6, 6.07) is 0. The molecule has 70 valence electrons. The van der Waals surface area contributed by atoms with E-state index in [2.05, 4.69) is 6.58 Å². The van der Waals surface area contributed by atoms with Crippen LogP contribution in [0.4, 0.5) is 0 Å². The maximum atomic E-state index is 11.4. The zero-order chi connectivity index (χ0) is 9.59. The summed E-state index contributed by atoms with van der Waals surface area (Å²) < 4.78 is 4.97. The molecule has 0 saturated carbocycles. The van der Waals surface area contributed by atoms with Gasteiger partial charge in [-0.2, -0.15) is 0 Å². The third-order valence-corrected chi connectivity index (χ3v) is 2.44. The summed E-state index contributed by atoms with van der Waals surface area (Å²) in [6.45, 7) is 3.13. The van der Waals surface area contributed by atoms with Gasteiger partial charge in [-0.3, -0.25) is 4.79 Å². The number of allylic oxidation sites excluding steroid dienone is 1. The van der Waals surface area contributed by atoms with Gasteiger partial charge in [-0.1, -0.05) is 12.7 Å². The molecule has 4 nitrogen and oxygen atoms in total. The number of rotatable bonds is 2. The van der Waals surface area contributed by atoms with Crippen LogP contribution in [0.3, 0.4) is 0 Å². The number of ketones is 1. The Morgan fingerprint density at radius 2 is 2.31 bits per heavy atom. The van der Waals surface area contributed by atoms with E-state index < -0.39 is 18.3 Å². The Balaban J connectivity index is 2.42. The van der Waals surface area contributed by atoms with Crippen molar-refractivity contribution in [3.8, 4) is 0 Å². The van der Waals surface area contributed by atoms with E-state index >= 15 is 0 Å². The van der Waals surface area contributed by atoms with Crippen molar-refractivity contribution in [2.75, 3.05) is 6.61 Å². The summed E-state index contributed by atoms with van der Waals surface area (Å²) in [5, 5.41) is 18.5. The number of Topliss-reactive ketones (excluding diaryl/α,β-unsaturated/α-hetero) is 1. The van der Waals surface area contributed by atoms with Crippen LogP contribution < -0.4 is 0 Å². The Bertz CT molecular complexity index is 305. The molecule has 1 aliphatic carbocycles. The zero-order valence-electron chi connectivity index (χ0n) is 6.93. The van der Waals surface area contributed by atoms with Crippen LogP contribution in [0.15, 0.2) is 23.8 Å². The lowest BCUT2D eigenvalue weighted by molar-refractivity contribution is -0.116. The van der Waals surface area contributed by atoms with Crippen LogP contribution in [0, 0.1) is 0 Å². The van der Waals surface area contributed by atoms with Gasteiger partial charge in [0, 0.05) is 5.57 Å². The monoisotopic (exact) mass is 182 g/mol. The van der Waals surface area contributed by atoms with Crippen LogP contribution in [-0.4, -0.2) is 40.9 Å². The molecule has 1 heterocycles. The molecule has 0 spiro atoms. The Hall–Kier alpha value is -0.970. The van der Waals surface area contributed by atoms with Crippen LogP contribution in [0.5, 0.6) is 0 Å². The van der Waals surface area contributed by atoms with Gasteiger partial charge >= 0.3 is 0 Å². The molecule has 1 fully saturated rings. The number of epoxide rings is 1. The first kappa shape index (κ1) is 8.62. The molecule has 1 aliphatic heterocycles. The number of fused-ring (bicyclic) bond motifs is 1. The summed E-state index contributed by atoms with van der Waals surface area (Å²) in [6.07, 6.45) is -0.466. The number of carbonyl (C=O) groups is 1. The molecule has 2 rings (SSSR count). The first-order valence-corrected chi connectivity index (χ1v) is 4.04. The van der Waals surface area contributed by atoms with Crippen LogP contribution in [0.25, 0.3) is 0 Å². The fourth-order valence-electron chi connectivity index (χ4n) is 1.65. The number of hydrogen-bond donors (Lipinski definition) is 2. The van der Waals surface area contributed by atoms with E-state index in [1.165, 1.54) is 6.08 Å². The first-order chi connectivity index (χ1) is 6.20. The summed E-state index contributed by atoms with van der Waals surface area (Å²) in [5.41, 5.74) is 0.618. The molecule has 0 unspecified atom stereocenters. The zero-order valence-corrected chi connectivity index (χ0v) is 6.93. The van der Waals surface area contributed by atoms with Crippen LogP contribution in [0.2, 0.25) is 0 Å². The smallest absolute Gasteiger partial charge is 0.194 e. The molecule has 0 aromatic carbocycles. The topological polar surface area (TPSA) is 70.1 Å². The highest BCUT2D eigenvalue weighted by Crippen LogP contribution is 2.37. The Morgan fingerprint density at radius 3 is 2.85 bits per heavy atom. The van der Waals surface area contributed by atoms with Gasteiger partial charge in [0.15, 0.2) is 5.78 Å². The number of carbonyl (C=O) groups excluding carboxylic acids is 1. The van der Waals surface area contributed by atoms with Gasteiger partial charge in [0.1, 0.15) is 18.3 Å². The largest absolute Gasteiger partial charge is 0.392 e. The number of hydrogen-bond acceptors (Lipinski definition) is 4. The van der Waals surface area contributed by atoms with Crippen molar-refractivity contribution in [3.63, 3.8) is 0 Å². The summed E-state index contributed by atoms with van der Waals surface area (Å²) in [7, 11) is 0. The minimum atomic E-state index is -0.860. The van der Waals surface area contributed by atoms with Gasteiger partial charge < -0.3 is 14.9 Å². The Morgan fingerprint density at radius 1 is 1.62 bits per heavy atom. The van der Waals surface area contributed by atoms with Gasteiger partial charge in [0.25, 0.3) is 0 Å². The van der Waals surface area contributed by atoms with Crippen molar-refractivity contribution < 1.29 is 19.7 Å². The highest BCUT2D eigenvalue weighted by atomic mass is 16.6. The minimum Gasteiger partial charge on any atom is -0.392 e. The molecule has 13 heavy (non-hydrogen) atoms. The van der Waals surface area contributed by atoms with E-state index in [1.807, 2.05) is 0 Å². The lowest BCUT2D eigenvalue weighted by Crippen LogP contribution is -2.32. The Labute approximate surface area is 75.1 Å². The van der Waals surface area contributed by atoms with Crippen molar-refractivity contribution in [3.05, 3.63) is 23.8 Å². The molecule has 0 amide bonds. The molecule has 2 aliphatic rings. The molecule has 0 bridgehead atoms. The highest BCUT2D eigenvalue weighted by molar-refractivity contribution is 6.05. The van der Waals surface area contributed by atoms with E-state index in [0.29, 0.717) is 11.1 Å². The third kappa shape index (κ3) is 1.07. The standard InChI is InChI=1S/C9H10O4/c1-2-4-5(3-10)7(12)9-8(13-9)6(4)11/h2,7-10,12H,1,3H2/t7-,8-,9+/m0/s1. The second-order valence-electron chi connectivity index (χ2n) is 3.13. The lowest BCUT2D eigenvalue weighted by Gasteiger charge is -2.17. The molecule has 1 saturated heterocycles. The maximum absolute atomic E-state index is 11.4. The maximum Gasteiger partial charge on any atom is 0.194 e. The van der Waals surface area contributed by atoms with Crippen LogP contribution >= 0.6 is 0 Å². The van der Waals surface area contributed by atoms with E-state index in [1.54, 1.807) is 0 Å². The molecule has 3 atom stereocenters. The third-order valence-electron chi connectivity index (χ3n) is 2.44. The summed E-state index contributed by atoms with van der Waals surface area (Å²) in [5.74, 6) is -0.186.